The monoisotopic (exact) mass is 719 g/mol. The van der Waals surface area contributed by atoms with Crippen molar-refractivity contribution >= 4 is 39.1 Å². The van der Waals surface area contributed by atoms with Crippen LogP contribution in [0.2, 0.25) is 5.02 Å². The second-order valence-electron chi connectivity index (χ2n) is 12.5. The standard InChI is InChI=1S/C38H39ClFN3O6S/c39-29-13-11-28(12-14-29)25-42(34(23-27-7-3-1-4-8-27)38(45)41-31-9-5-2-6-10-31)37(44)26-43(32-17-15-30(40)16-18-32)50(46,47)33-19-20-35-36(24-33)49-22-21-48-35/h1,3-4,7-8,11-20,24,31,34H,2,5-6,9-10,21-23,25-26H2,(H,41,45). The first-order valence-corrected chi connectivity index (χ1v) is 18.6. The Labute approximate surface area is 297 Å². The summed E-state index contributed by atoms with van der Waals surface area (Å²) in [5.74, 6) is -0.837. The smallest absolute Gasteiger partial charge is 0.264 e. The average Bonchev–Trinajstić information content (AvgIpc) is 3.13. The number of benzene rings is 4. The third-order valence-electron chi connectivity index (χ3n) is 8.98. The summed E-state index contributed by atoms with van der Waals surface area (Å²) in [7, 11) is -4.43. The first kappa shape index (κ1) is 35.2. The van der Waals surface area contributed by atoms with Gasteiger partial charge in [-0.2, -0.15) is 0 Å². The first-order chi connectivity index (χ1) is 24.2. The lowest BCUT2D eigenvalue weighted by molar-refractivity contribution is -0.140. The molecule has 1 aliphatic heterocycles. The normalized spacial score (nSPS) is 15.2. The van der Waals surface area contributed by atoms with Gasteiger partial charge in [0.1, 0.15) is 31.6 Å². The number of rotatable bonds is 12. The fourth-order valence-corrected chi connectivity index (χ4v) is 7.89. The zero-order valence-electron chi connectivity index (χ0n) is 27.5. The fraction of sp³-hybridized carbons (Fsp3) is 0.316. The number of halogens is 2. The van der Waals surface area contributed by atoms with Gasteiger partial charge in [0.2, 0.25) is 11.8 Å². The van der Waals surface area contributed by atoms with Crippen LogP contribution in [-0.2, 0) is 32.6 Å². The number of hydrogen-bond acceptors (Lipinski definition) is 6. The summed E-state index contributed by atoms with van der Waals surface area (Å²) in [5.41, 5.74) is 1.62. The molecular weight excluding hydrogens is 681 g/mol. The summed E-state index contributed by atoms with van der Waals surface area (Å²) in [6.45, 7) is -0.0792. The summed E-state index contributed by atoms with van der Waals surface area (Å²) < 4.78 is 55.0. The molecule has 2 aliphatic rings. The Morgan fingerprint density at radius 3 is 2.22 bits per heavy atom. The number of carbonyl (C=O) groups excluding carboxylic acids is 2. The molecule has 9 nitrogen and oxygen atoms in total. The van der Waals surface area contributed by atoms with E-state index in [-0.39, 0.29) is 47.9 Å². The second-order valence-corrected chi connectivity index (χ2v) is 14.8. The molecule has 0 saturated heterocycles. The molecule has 1 N–H and O–H groups in total. The number of nitrogens with zero attached hydrogens (tertiary/aromatic N) is 2. The highest BCUT2D eigenvalue weighted by atomic mass is 35.5. The zero-order valence-corrected chi connectivity index (χ0v) is 29.0. The van der Waals surface area contributed by atoms with Crippen LogP contribution in [0.1, 0.15) is 43.2 Å². The van der Waals surface area contributed by atoms with Gasteiger partial charge in [-0.25, -0.2) is 12.8 Å². The van der Waals surface area contributed by atoms with E-state index in [2.05, 4.69) is 5.32 Å². The molecule has 0 radical (unpaired) electrons. The zero-order chi connectivity index (χ0) is 35.1. The molecule has 50 heavy (non-hydrogen) atoms. The highest BCUT2D eigenvalue weighted by Gasteiger charge is 2.36. The van der Waals surface area contributed by atoms with Crippen LogP contribution in [0.15, 0.2) is 102 Å². The maximum Gasteiger partial charge on any atom is 0.264 e. The summed E-state index contributed by atoms with van der Waals surface area (Å²) in [6.07, 6.45) is 5.02. The van der Waals surface area contributed by atoms with Gasteiger partial charge in [-0.15, -0.1) is 0 Å². The van der Waals surface area contributed by atoms with Crippen LogP contribution < -0.4 is 19.1 Å². The Hall–Kier alpha value is -4.61. The molecule has 4 aromatic carbocycles. The number of fused-ring (bicyclic) bond motifs is 1. The van der Waals surface area contributed by atoms with Gasteiger partial charge in [-0.3, -0.25) is 13.9 Å². The van der Waals surface area contributed by atoms with Gasteiger partial charge < -0.3 is 19.7 Å². The summed E-state index contributed by atoms with van der Waals surface area (Å²) in [4.78, 5) is 30.2. The molecule has 6 rings (SSSR count). The number of amides is 2. The van der Waals surface area contributed by atoms with Crippen molar-refractivity contribution in [3.8, 4) is 11.5 Å². The van der Waals surface area contributed by atoms with Gasteiger partial charge in [-0.05, 0) is 72.5 Å². The quantitative estimate of drug-likeness (QED) is 0.179. The van der Waals surface area contributed by atoms with E-state index in [1.54, 1.807) is 24.3 Å². The van der Waals surface area contributed by atoms with Crippen LogP contribution in [0.3, 0.4) is 0 Å². The lowest BCUT2D eigenvalue weighted by atomic mass is 9.94. The molecule has 1 unspecified atom stereocenters. The molecule has 4 aromatic rings. The van der Waals surface area contributed by atoms with Gasteiger partial charge in [0, 0.05) is 30.1 Å². The average molecular weight is 720 g/mol. The van der Waals surface area contributed by atoms with Crippen molar-refractivity contribution < 1.29 is 31.9 Å². The van der Waals surface area contributed by atoms with Gasteiger partial charge in [-0.1, -0.05) is 73.3 Å². The van der Waals surface area contributed by atoms with Crippen molar-refractivity contribution in [1.82, 2.24) is 10.2 Å². The molecule has 1 heterocycles. The molecule has 262 valence electrons. The Bertz CT molecular complexity index is 1890. The lowest BCUT2D eigenvalue weighted by Gasteiger charge is -2.35. The van der Waals surface area contributed by atoms with Crippen LogP contribution >= 0.6 is 11.6 Å². The Morgan fingerprint density at radius 1 is 0.840 bits per heavy atom. The maximum absolute atomic E-state index is 14.7. The Kier molecular flexibility index (Phi) is 11.2. The SMILES string of the molecule is O=C(NC1CCCCC1)C(Cc1ccccc1)N(Cc1ccc(Cl)cc1)C(=O)CN(c1ccc(F)cc1)S(=O)(=O)c1ccc2c(c1)OCCO2. The van der Waals surface area contributed by atoms with E-state index in [1.807, 2.05) is 30.3 Å². The molecular formula is C38H39ClFN3O6S. The van der Waals surface area contributed by atoms with E-state index in [0.29, 0.717) is 22.9 Å². The fourth-order valence-electron chi connectivity index (χ4n) is 6.33. The van der Waals surface area contributed by atoms with E-state index >= 15 is 0 Å². The largest absolute Gasteiger partial charge is 0.486 e. The van der Waals surface area contributed by atoms with Gasteiger partial charge in [0.05, 0.1) is 10.6 Å². The summed E-state index contributed by atoms with van der Waals surface area (Å²) >= 11 is 6.18. The van der Waals surface area contributed by atoms with Crippen molar-refractivity contribution in [2.45, 2.75) is 62.0 Å². The topological polar surface area (TPSA) is 105 Å². The minimum absolute atomic E-state index is 0.00686. The van der Waals surface area contributed by atoms with E-state index in [0.717, 1.165) is 54.1 Å². The van der Waals surface area contributed by atoms with E-state index in [9.17, 15) is 22.4 Å². The number of ether oxygens (including phenoxy) is 2. The van der Waals surface area contributed by atoms with Crippen molar-refractivity contribution in [2.24, 2.45) is 0 Å². The highest BCUT2D eigenvalue weighted by Crippen LogP contribution is 2.34. The molecule has 0 spiro atoms. The molecule has 12 heteroatoms. The van der Waals surface area contributed by atoms with Crippen LogP contribution in [0, 0.1) is 5.82 Å². The van der Waals surface area contributed by atoms with E-state index < -0.39 is 34.3 Å². The molecule has 1 saturated carbocycles. The van der Waals surface area contributed by atoms with Gasteiger partial charge >= 0.3 is 0 Å². The molecule has 1 aliphatic carbocycles. The summed E-state index contributed by atoms with van der Waals surface area (Å²) in [5, 5.41) is 3.70. The van der Waals surface area contributed by atoms with Gasteiger partial charge in [0.25, 0.3) is 10.0 Å². The van der Waals surface area contributed by atoms with Crippen molar-refractivity contribution in [2.75, 3.05) is 24.1 Å². The maximum atomic E-state index is 14.7. The predicted octanol–water partition coefficient (Wildman–Crippen LogP) is 6.53. The second kappa shape index (κ2) is 15.9. The molecule has 0 aromatic heterocycles. The van der Waals surface area contributed by atoms with Crippen LogP contribution in [-0.4, -0.2) is 57.0 Å². The first-order valence-electron chi connectivity index (χ1n) is 16.7. The number of sulfonamides is 1. The van der Waals surface area contributed by atoms with Crippen molar-refractivity contribution in [3.05, 3.63) is 119 Å². The van der Waals surface area contributed by atoms with Crippen LogP contribution in [0.4, 0.5) is 10.1 Å². The molecule has 1 atom stereocenters. The molecule has 1 fully saturated rings. The molecule has 2 amide bonds. The number of nitrogens with one attached hydrogen (secondary N) is 1. The van der Waals surface area contributed by atoms with Crippen molar-refractivity contribution in [1.29, 1.82) is 0 Å². The van der Waals surface area contributed by atoms with E-state index in [4.69, 9.17) is 21.1 Å². The molecule has 0 bridgehead atoms. The third kappa shape index (κ3) is 8.57. The Morgan fingerprint density at radius 2 is 1.52 bits per heavy atom. The predicted molar refractivity (Wildman–Crippen MR) is 189 cm³/mol. The highest BCUT2D eigenvalue weighted by molar-refractivity contribution is 7.92. The number of hydrogen-bond donors (Lipinski definition) is 1. The number of anilines is 1. The number of carbonyl (C=O) groups is 2. The van der Waals surface area contributed by atoms with Crippen molar-refractivity contribution in [3.63, 3.8) is 0 Å². The van der Waals surface area contributed by atoms with E-state index in [1.165, 1.54) is 35.2 Å². The van der Waals surface area contributed by atoms with Crippen LogP contribution in [0.5, 0.6) is 11.5 Å². The minimum atomic E-state index is -4.43. The van der Waals surface area contributed by atoms with Crippen LogP contribution in [0.25, 0.3) is 0 Å². The summed E-state index contributed by atoms with van der Waals surface area (Å²) in [6, 6.07) is 24.4. The lowest BCUT2D eigenvalue weighted by Crippen LogP contribution is -2.55. The Balaban J connectivity index is 1.39. The minimum Gasteiger partial charge on any atom is -0.486 e. The van der Waals surface area contributed by atoms with Gasteiger partial charge in [0.15, 0.2) is 11.5 Å². The third-order valence-corrected chi connectivity index (χ3v) is 11.0.